The Hall–Kier alpha value is -1.45. The average Bonchev–Trinajstić information content (AvgIpc) is 2.36. The number of benzene rings is 2. The molecule has 4 heteroatoms. The highest BCUT2D eigenvalue weighted by Gasteiger charge is 2.08. The van der Waals surface area contributed by atoms with Gasteiger partial charge in [0.05, 0.1) is 10.6 Å². The van der Waals surface area contributed by atoms with Crippen molar-refractivity contribution in [3.8, 4) is 0 Å². The fourth-order valence-electron chi connectivity index (χ4n) is 1.62. The number of carboxylic acid groups (broad SMARTS) is 1. The molecule has 2 nitrogen and oxygen atoms in total. The van der Waals surface area contributed by atoms with Gasteiger partial charge in [-0.3, -0.25) is 0 Å². The van der Waals surface area contributed by atoms with Gasteiger partial charge in [0.15, 0.2) is 0 Å². The zero-order valence-electron chi connectivity index (χ0n) is 10.6. The molecule has 0 radical (unpaired) electrons. The predicted molar refractivity (Wildman–Crippen MR) is 78.5 cm³/mol. The van der Waals surface area contributed by atoms with Gasteiger partial charge >= 0.3 is 5.97 Å². The molecule has 0 aliphatic heterocycles. The Morgan fingerprint density at radius 2 is 1.84 bits per heavy atom. The number of hydrogen-bond acceptors (Lipinski definition) is 2. The third-order valence-electron chi connectivity index (χ3n) is 2.89. The molecule has 0 amide bonds. The number of aryl methyl sites for hydroxylation is 2. The van der Waals surface area contributed by atoms with Gasteiger partial charge in [-0.1, -0.05) is 29.4 Å². The molecule has 2 rings (SSSR count). The first-order chi connectivity index (χ1) is 8.97. The first-order valence-corrected chi connectivity index (χ1v) is 6.95. The summed E-state index contributed by atoms with van der Waals surface area (Å²) in [7, 11) is 0. The summed E-state index contributed by atoms with van der Waals surface area (Å²) in [6.45, 7) is 4.13. The lowest BCUT2D eigenvalue weighted by molar-refractivity contribution is 0.0697. The van der Waals surface area contributed by atoms with Gasteiger partial charge in [-0.25, -0.2) is 4.79 Å². The van der Waals surface area contributed by atoms with Gasteiger partial charge in [-0.2, -0.15) is 0 Å². The second-order valence-corrected chi connectivity index (χ2v) is 5.82. The van der Waals surface area contributed by atoms with Crippen LogP contribution in [-0.4, -0.2) is 11.1 Å². The van der Waals surface area contributed by atoms with Crippen LogP contribution in [0.4, 0.5) is 0 Å². The van der Waals surface area contributed by atoms with Crippen molar-refractivity contribution in [2.75, 3.05) is 0 Å². The molecular weight excluding hydrogens is 280 g/mol. The molecule has 0 unspecified atom stereocenters. The zero-order chi connectivity index (χ0) is 14.0. The maximum atomic E-state index is 10.8. The summed E-state index contributed by atoms with van der Waals surface area (Å²) in [6, 6.07) is 11.0. The minimum Gasteiger partial charge on any atom is -0.478 e. The van der Waals surface area contributed by atoms with Gasteiger partial charge in [0, 0.05) is 9.79 Å². The Balaban J connectivity index is 2.28. The van der Waals surface area contributed by atoms with E-state index in [1.807, 2.05) is 6.07 Å². The van der Waals surface area contributed by atoms with Crippen molar-refractivity contribution in [2.45, 2.75) is 23.6 Å². The second-order valence-electron chi connectivity index (χ2n) is 4.30. The maximum Gasteiger partial charge on any atom is 0.335 e. The Kier molecular flexibility index (Phi) is 4.17. The van der Waals surface area contributed by atoms with Gasteiger partial charge in [-0.15, -0.1) is 0 Å². The Labute approximate surface area is 121 Å². The molecule has 0 heterocycles. The van der Waals surface area contributed by atoms with Gasteiger partial charge in [0.2, 0.25) is 0 Å². The highest BCUT2D eigenvalue weighted by Crippen LogP contribution is 2.34. The third-order valence-corrected chi connectivity index (χ3v) is 4.38. The molecular formula is C15H13ClO2S. The summed E-state index contributed by atoms with van der Waals surface area (Å²) in [5.74, 6) is -0.968. The molecule has 2 aromatic carbocycles. The lowest BCUT2D eigenvalue weighted by Gasteiger charge is -2.07. The highest BCUT2D eigenvalue weighted by molar-refractivity contribution is 7.99. The van der Waals surface area contributed by atoms with Crippen LogP contribution in [0.25, 0.3) is 0 Å². The van der Waals surface area contributed by atoms with Crippen LogP contribution in [-0.2, 0) is 0 Å². The van der Waals surface area contributed by atoms with E-state index in [4.69, 9.17) is 16.7 Å². The molecule has 0 aromatic heterocycles. The smallest absolute Gasteiger partial charge is 0.335 e. The van der Waals surface area contributed by atoms with Crippen LogP contribution in [0.3, 0.4) is 0 Å². The quantitative estimate of drug-likeness (QED) is 0.882. The third kappa shape index (κ3) is 3.31. The average molecular weight is 293 g/mol. The van der Waals surface area contributed by atoms with E-state index >= 15 is 0 Å². The van der Waals surface area contributed by atoms with Crippen molar-refractivity contribution in [3.05, 3.63) is 58.1 Å². The Morgan fingerprint density at radius 1 is 1.11 bits per heavy atom. The predicted octanol–water partition coefficient (Wildman–Crippen LogP) is 4.81. The van der Waals surface area contributed by atoms with Crippen molar-refractivity contribution in [1.82, 2.24) is 0 Å². The van der Waals surface area contributed by atoms with Gasteiger partial charge in [-0.05, 0) is 55.3 Å². The van der Waals surface area contributed by atoms with Gasteiger partial charge < -0.3 is 5.11 Å². The largest absolute Gasteiger partial charge is 0.478 e. The Bertz CT molecular complexity index is 638. The van der Waals surface area contributed by atoms with Crippen molar-refractivity contribution in [3.63, 3.8) is 0 Å². The number of aromatic carboxylic acids is 1. The first kappa shape index (κ1) is 14.0. The van der Waals surface area contributed by atoms with E-state index < -0.39 is 5.97 Å². The summed E-state index contributed by atoms with van der Waals surface area (Å²) in [5, 5.41) is 9.35. The van der Waals surface area contributed by atoms with E-state index in [1.165, 1.54) is 29.0 Å². The van der Waals surface area contributed by atoms with Crippen molar-refractivity contribution in [1.29, 1.82) is 0 Å². The molecule has 19 heavy (non-hydrogen) atoms. The fraction of sp³-hybridized carbons (Fsp3) is 0.133. The van der Waals surface area contributed by atoms with Crippen LogP contribution in [0.5, 0.6) is 0 Å². The fourth-order valence-corrected chi connectivity index (χ4v) is 2.84. The molecule has 0 aliphatic rings. The van der Waals surface area contributed by atoms with Crippen LogP contribution in [0.2, 0.25) is 5.02 Å². The minimum atomic E-state index is -0.968. The lowest BCUT2D eigenvalue weighted by atomic mass is 10.1. The highest BCUT2D eigenvalue weighted by atomic mass is 35.5. The second kappa shape index (κ2) is 5.68. The summed E-state index contributed by atoms with van der Waals surface area (Å²) in [6.07, 6.45) is 0. The minimum absolute atomic E-state index is 0.203. The summed E-state index contributed by atoms with van der Waals surface area (Å²) >= 11 is 7.64. The topological polar surface area (TPSA) is 37.3 Å². The summed E-state index contributed by atoms with van der Waals surface area (Å²) in [5.41, 5.74) is 2.68. The molecule has 0 saturated carbocycles. The van der Waals surface area contributed by atoms with E-state index in [0.717, 1.165) is 9.79 Å². The van der Waals surface area contributed by atoms with Crippen molar-refractivity contribution >= 4 is 29.3 Å². The summed E-state index contributed by atoms with van der Waals surface area (Å²) < 4.78 is 0. The van der Waals surface area contributed by atoms with E-state index in [1.54, 1.807) is 12.1 Å². The molecule has 1 N–H and O–H groups in total. The normalized spacial score (nSPS) is 10.5. The lowest BCUT2D eigenvalue weighted by Crippen LogP contribution is -1.95. The molecule has 0 spiro atoms. The van der Waals surface area contributed by atoms with Crippen molar-refractivity contribution in [2.24, 2.45) is 0 Å². The number of carboxylic acids is 1. The molecule has 0 bridgehead atoms. The molecule has 0 saturated heterocycles. The van der Waals surface area contributed by atoms with Crippen LogP contribution in [0.1, 0.15) is 21.5 Å². The number of hydrogen-bond donors (Lipinski definition) is 1. The monoisotopic (exact) mass is 292 g/mol. The Morgan fingerprint density at radius 3 is 2.42 bits per heavy atom. The zero-order valence-corrected chi connectivity index (χ0v) is 12.2. The molecule has 0 aliphatic carbocycles. The van der Waals surface area contributed by atoms with Crippen LogP contribution < -0.4 is 0 Å². The van der Waals surface area contributed by atoms with Gasteiger partial charge in [0.1, 0.15) is 0 Å². The van der Waals surface area contributed by atoms with Crippen LogP contribution >= 0.6 is 23.4 Å². The van der Waals surface area contributed by atoms with E-state index in [9.17, 15) is 4.79 Å². The molecule has 98 valence electrons. The van der Waals surface area contributed by atoms with E-state index in [0.29, 0.717) is 5.02 Å². The van der Waals surface area contributed by atoms with Crippen molar-refractivity contribution < 1.29 is 9.90 Å². The molecule has 2 aromatic rings. The van der Waals surface area contributed by atoms with Gasteiger partial charge in [0.25, 0.3) is 0 Å². The number of halogens is 1. The van der Waals surface area contributed by atoms with Crippen LogP contribution in [0.15, 0.2) is 46.2 Å². The molecule has 0 atom stereocenters. The van der Waals surface area contributed by atoms with E-state index in [-0.39, 0.29) is 5.56 Å². The maximum absolute atomic E-state index is 10.8. The first-order valence-electron chi connectivity index (χ1n) is 5.75. The molecule has 0 fully saturated rings. The van der Waals surface area contributed by atoms with Crippen LogP contribution in [0, 0.1) is 13.8 Å². The summed E-state index contributed by atoms with van der Waals surface area (Å²) in [4.78, 5) is 12.8. The van der Waals surface area contributed by atoms with E-state index in [2.05, 4.69) is 26.0 Å². The number of rotatable bonds is 3. The standard InChI is InChI=1S/C15H13ClO2S/c1-9-3-5-12(7-10(9)2)19-14-6-4-11(15(17)18)8-13(14)16/h3-8H,1-2H3,(H,17,18). The number of carbonyl (C=O) groups is 1. The SMILES string of the molecule is Cc1ccc(Sc2ccc(C(=O)O)cc2Cl)cc1C.